The average Bonchev–Trinajstić information content (AvgIpc) is 3.24. The first-order valence-electron chi connectivity index (χ1n) is 8.35. The number of hydrogen-bond donors (Lipinski definition) is 1. The Kier molecular flexibility index (Phi) is 4.69. The van der Waals surface area contributed by atoms with E-state index in [1.165, 1.54) is 0 Å². The van der Waals surface area contributed by atoms with Gasteiger partial charge in [0.1, 0.15) is 0 Å². The van der Waals surface area contributed by atoms with Crippen molar-refractivity contribution in [1.29, 1.82) is 0 Å². The van der Waals surface area contributed by atoms with Gasteiger partial charge < -0.3 is 10.2 Å². The second kappa shape index (κ2) is 6.40. The summed E-state index contributed by atoms with van der Waals surface area (Å²) in [7, 11) is 1.93. The SMILES string of the molecule is CSC(C)C(=O)N[C@@H]1C[C@@H]2CC[C@H]1N2CC(=O)N(C)C1CC1. The summed E-state index contributed by atoms with van der Waals surface area (Å²) in [5.41, 5.74) is 0. The van der Waals surface area contributed by atoms with Crippen LogP contribution in [0.15, 0.2) is 0 Å². The zero-order valence-electron chi connectivity index (χ0n) is 13.7. The number of amides is 2. The molecule has 2 aliphatic heterocycles. The molecule has 1 aliphatic carbocycles. The van der Waals surface area contributed by atoms with Gasteiger partial charge in [0.15, 0.2) is 0 Å². The van der Waals surface area contributed by atoms with Crippen molar-refractivity contribution in [3.05, 3.63) is 0 Å². The molecule has 1 saturated carbocycles. The number of hydrogen-bond acceptors (Lipinski definition) is 4. The lowest BCUT2D eigenvalue weighted by Gasteiger charge is -2.27. The highest BCUT2D eigenvalue weighted by Gasteiger charge is 2.48. The molecule has 2 heterocycles. The molecule has 1 unspecified atom stereocenters. The van der Waals surface area contributed by atoms with E-state index >= 15 is 0 Å². The summed E-state index contributed by atoms with van der Waals surface area (Å²) < 4.78 is 0. The van der Waals surface area contributed by atoms with Crippen LogP contribution in [-0.4, -0.2) is 70.9 Å². The lowest BCUT2D eigenvalue weighted by atomic mass is 9.95. The van der Waals surface area contributed by atoms with Crippen LogP contribution in [0.5, 0.6) is 0 Å². The molecule has 3 aliphatic rings. The molecule has 2 saturated heterocycles. The van der Waals surface area contributed by atoms with Crippen molar-refractivity contribution in [1.82, 2.24) is 15.1 Å². The zero-order chi connectivity index (χ0) is 15.9. The largest absolute Gasteiger partial charge is 0.351 e. The highest BCUT2D eigenvalue weighted by atomic mass is 32.2. The quantitative estimate of drug-likeness (QED) is 0.794. The molecule has 5 nitrogen and oxygen atoms in total. The van der Waals surface area contributed by atoms with Gasteiger partial charge in [-0.25, -0.2) is 0 Å². The van der Waals surface area contributed by atoms with Crippen LogP contribution in [0.4, 0.5) is 0 Å². The Bertz CT molecular complexity index is 455. The van der Waals surface area contributed by atoms with Gasteiger partial charge in [-0.3, -0.25) is 14.5 Å². The van der Waals surface area contributed by atoms with Crippen LogP contribution < -0.4 is 5.32 Å². The van der Waals surface area contributed by atoms with E-state index in [2.05, 4.69) is 10.2 Å². The van der Waals surface area contributed by atoms with E-state index < -0.39 is 0 Å². The first-order chi connectivity index (χ1) is 10.5. The van der Waals surface area contributed by atoms with Gasteiger partial charge in [0.05, 0.1) is 11.8 Å². The molecule has 3 fully saturated rings. The predicted molar refractivity (Wildman–Crippen MR) is 88.8 cm³/mol. The van der Waals surface area contributed by atoms with E-state index in [0.29, 0.717) is 24.7 Å². The first-order valence-corrected chi connectivity index (χ1v) is 9.64. The highest BCUT2D eigenvalue weighted by Crippen LogP contribution is 2.38. The summed E-state index contributed by atoms with van der Waals surface area (Å²) in [5, 5.41) is 3.20. The fraction of sp³-hybridized carbons (Fsp3) is 0.875. The number of carbonyl (C=O) groups excluding carboxylic acids is 2. The number of thioether (sulfide) groups is 1. The third-order valence-corrected chi connectivity index (χ3v) is 6.46. The maximum absolute atomic E-state index is 12.4. The van der Waals surface area contributed by atoms with Crippen molar-refractivity contribution < 1.29 is 9.59 Å². The Morgan fingerprint density at radius 3 is 2.68 bits per heavy atom. The second-order valence-electron chi connectivity index (χ2n) is 6.94. The standard InChI is InChI=1S/C16H27N3O2S/c1-10(22-3)16(21)17-13-8-12-6-7-14(13)19(12)9-15(20)18(2)11-4-5-11/h10-14H,4-9H2,1-3H3,(H,17,21)/t10?,12-,13+,14+/m0/s1. The molecule has 0 spiro atoms. The van der Waals surface area contributed by atoms with E-state index in [1.54, 1.807) is 11.8 Å². The third kappa shape index (κ3) is 3.13. The van der Waals surface area contributed by atoms with E-state index in [-0.39, 0.29) is 23.1 Å². The summed E-state index contributed by atoms with van der Waals surface area (Å²) in [4.78, 5) is 28.8. The number of nitrogens with one attached hydrogen (secondary N) is 1. The third-order valence-electron chi connectivity index (χ3n) is 5.54. The van der Waals surface area contributed by atoms with E-state index in [9.17, 15) is 9.59 Å². The molecule has 2 amide bonds. The van der Waals surface area contributed by atoms with Crippen molar-refractivity contribution in [3.63, 3.8) is 0 Å². The number of likely N-dealkylation sites (N-methyl/N-ethyl adjacent to an activating group) is 1. The van der Waals surface area contributed by atoms with Gasteiger partial charge >= 0.3 is 0 Å². The minimum Gasteiger partial charge on any atom is -0.351 e. The molecule has 6 heteroatoms. The minimum atomic E-state index is -0.00444. The Hall–Kier alpha value is -0.750. The maximum Gasteiger partial charge on any atom is 0.236 e. The van der Waals surface area contributed by atoms with Gasteiger partial charge in [-0.05, 0) is 45.3 Å². The molecule has 22 heavy (non-hydrogen) atoms. The van der Waals surface area contributed by atoms with Gasteiger partial charge in [-0.15, -0.1) is 0 Å². The predicted octanol–water partition coefficient (Wildman–Crippen LogP) is 1.08. The van der Waals surface area contributed by atoms with Crippen molar-refractivity contribution in [2.24, 2.45) is 0 Å². The van der Waals surface area contributed by atoms with Gasteiger partial charge in [-0.1, -0.05) is 0 Å². The van der Waals surface area contributed by atoms with Crippen LogP contribution >= 0.6 is 11.8 Å². The van der Waals surface area contributed by atoms with Crippen LogP contribution in [0.1, 0.15) is 39.0 Å². The summed E-state index contributed by atoms with van der Waals surface area (Å²) in [6.45, 7) is 2.46. The highest BCUT2D eigenvalue weighted by molar-refractivity contribution is 7.99. The molecule has 0 aromatic heterocycles. The molecular weight excluding hydrogens is 298 g/mol. The second-order valence-corrected chi connectivity index (χ2v) is 8.11. The maximum atomic E-state index is 12.4. The molecule has 4 atom stereocenters. The monoisotopic (exact) mass is 325 g/mol. The summed E-state index contributed by atoms with van der Waals surface area (Å²) >= 11 is 1.58. The molecule has 0 aromatic rings. The van der Waals surface area contributed by atoms with Crippen LogP contribution in [0, 0.1) is 0 Å². The van der Waals surface area contributed by atoms with E-state index in [1.807, 2.05) is 25.1 Å². The fourth-order valence-corrected chi connectivity index (χ4v) is 4.13. The summed E-state index contributed by atoms with van der Waals surface area (Å²) in [6, 6.07) is 1.52. The fourth-order valence-electron chi connectivity index (χ4n) is 3.84. The van der Waals surface area contributed by atoms with Crippen LogP contribution in [0.25, 0.3) is 0 Å². The van der Waals surface area contributed by atoms with Crippen LogP contribution in [0.2, 0.25) is 0 Å². The first kappa shape index (κ1) is 16.1. The normalized spacial score (nSPS) is 32.0. The number of nitrogens with zero attached hydrogens (tertiary/aromatic N) is 2. The van der Waals surface area contributed by atoms with Gasteiger partial charge in [0.2, 0.25) is 11.8 Å². The van der Waals surface area contributed by atoms with Crippen molar-refractivity contribution in [3.8, 4) is 0 Å². The van der Waals surface area contributed by atoms with Gasteiger partial charge in [-0.2, -0.15) is 11.8 Å². The van der Waals surface area contributed by atoms with E-state index in [0.717, 1.165) is 32.1 Å². The lowest BCUT2D eigenvalue weighted by molar-refractivity contribution is -0.131. The molecule has 0 aromatic carbocycles. The Labute approximate surface area is 137 Å². The van der Waals surface area contributed by atoms with Gasteiger partial charge in [0, 0.05) is 31.2 Å². The van der Waals surface area contributed by atoms with Crippen molar-refractivity contribution in [2.75, 3.05) is 19.8 Å². The lowest BCUT2D eigenvalue weighted by Crippen LogP contribution is -2.48. The minimum absolute atomic E-state index is 0.00444. The topological polar surface area (TPSA) is 52.7 Å². The number of carbonyl (C=O) groups is 2. The zero-order valence-corrected chi connectivity index (χ0v) is 14.6. The van der Waals surface area contributed by atoms with Gasteiger partial charge in [0.25, 0.3) is 0 Å². The number of fused-ring (bicyclic) bond motifs is 2. The molecule has 0 radical (unpaired) electrons. The Morgan fingerprint density at radius 2 is 2.05 bits per heavy atom. The molecule has 2 bridgehead atoms. The van der Waals surface area contributed by atoms with Crippen LogP contribution in [0.3, 0.4) is 0 Å². The Morgan fingerprint density at radius 1 is 1.32 bits per heavy atom. The average molecular weight is 325 g/mol. The summed E-state index contributed by atoms with van der Waals surface area (Å²) in [5.74, 6) is 0.371. The summed E-state index contributed by atoms with van der Waals surface area (Å²) in [6.07, 6.45) is 7.53. The van der Waals surface area contributed by atoms with Crippen molar-refractivity contribution in [2.45, 2.75) is 68.4 Å². The van der Waals surface area contributed by atoms with Crippen molar-refractivity contribution >= 4 is 23.6 Å². The van der Waals surface area contributed by atoms with E-state index in [4.69, 9.17) is 0 Å². The molecular formula is C16H27N3O2S. The Balaban J connectivity index is 1.56. The smallest absolute Gasteiger partial charge is 0.236 e. The van der Waals surface area contributed by atoms with Crippen LogP contribution in [-0.2, 0) is 9.59 Å². The number of rotatable bonds is 6. The molecule has 3 rings (SSSR count). The molecule has 1 N–H and O–H groups in total. The molecule has 124 valence electrons.